The van der Waals surface area contributed by atoms with Crippen molar-refractivity contribution in [3.63, 3.8) is 0 Å². The van der Waals surface area contributed by atoms with Crippen molar-refractivity contribution in [1.82, 2.24) is 4.98 Å². The van der Waals surface area contributed by atoms with Gasteiger partial charge in [0.2, 0.25) is 0 Å². The van der Waals surface area contributed by atoms with Crippen LogP contribution in [0, 0.1) is 11.8 Å². The van der Waals surface area contributed by atoms with Gasteiger partial charge in [0, 0.05) is 18.0 Å². The molecule has 0 fully saturated rings. The molecule has 0 amide bonds. The summed E-state index contributed by atoms with van der Waals surface area (Å²) in [5.74, 6) is 0. The molecule has 3 nitrogen and oxygen atoms in total. The predicted octanol–water partition coefficient (Wildman–Crippen LogP) is 4.18. The molecule has 0 spiro atoms. The van der Waals surface area contributed by atoms with Crippen LogP contribution in [0.2, 0.25) is 0 Å². The van der Waals surface area contributed by atoms with Crippen LogP contribution in [0.4, 0.5) is 5.69 Å². The molecule has 1 heterocycles. The van der Waals surface area contributed by atoms with Crippen LogP contribution in [0.25, 0.3) is 11.1 Å². The molecule has 0 N–H and O–H groups in total. The fourth-order valence-electron chi connectivity index (χ4n) is 1.97. The molecule has 2 rings (SSSR count). The zero-order chi connectivity index (χ0) is 13.0. The normalized spacial score (nSPS) is 10.1. The van der Waals surface area contributed by atoms with Crippen molar-refractivity contribution in [3.8, 4) is 11.1 Å². The Hall–Kier alpha value is -2.29. The fraction of sp³-hybridized carbons (Fsp3) is 0.133. The minimum atomic E-state index is 0.442. The van der Waals surface area contributed by atoms with E-state index in [4.69, 9.17) is 0 Å². The number of nitroso groups, excluding NO2 is 1. The first kappa shape index (κ1) is 12.2. The van der Waals surface area contributed by atoms with Gasteiger partial charge in [0.25, 0.3) is 0 Å². The van der Waals surface area contributed by atoms with Crippen molar-refractivity contribution >= 4 is 5.69 Å². The quantitative estimate of drug-likeness (QED) is 0.592. The van der Waals surface area contributed by atoms with Gasteiger partial charge in [-0.25, -0.2) is 0 Å². The molecule has 0 saturated heterocycles. The summed E-state index contributed by atoms with van der Waals surface area (Å²) in [6.45, 7) is 5.79. The molecule has 1 aromatic carbocycles. The molecule has 0 aliphatic rings. The lowest BCUT2D eigenvalue weighted by Crippen LogP contribution is -1.91. The predicted molar refractivity (Wildman–Crippen MR) is 73.8 cm³/mol. The van der Waals surface area contributed by atoms with E-state index >= 15 is 0 Å². The second-order valence-electron chi connectivity index (χ2n) is 4.12. The third kappa shape index (κ3) is 2.35. The lowest BCUT2D eigenvalue weighted by molar-refractivity contribution is 1.24. The average Bonchev–Trinajstić information content (AvgIpc) is 2.40. The lowest BCUT2D eigenvalue weighted by Gasteiger charge is -2.10. The molecule has 0 bridgehead atoms. The highest BCUT2D eigenvalue weighted by atomic mass is 16.3. The Morgan fingerprint density at radius 3 is 2.83 bits per heavy atom. The van der Waals surface area contributed by atoms with Gasteiger partial charge in [-0.1, -0.05) is 12.1 Å². The summed E-state index contributed by atoms with van der Waals surface area (Å²) >= 11 is 0. The highest BCUT2D eigenvalue weighted by molar-refractivity contribution is 5.71. The minimum absolute atomic E-state index is 0.442. The molecule has 1 aromatic heterocycles. The molecule has 90 valence electrons. The van der Waals surface area contributed by atoms with Gasteiger partial charge >= 0.3 is 0 Å². The molecule has 0 atom stereocenters. The van der Waals surface area contributed by atoms with Crippen LogP contribution < -0.4 is 0 Å². The van der Waals surface area contributed by atoms with Crippen molar-refractivity contribution in [2.24, 2.45) is 5.18 Å². The maximum absolute atomic E-state index is 10.6. The van der Waals surface area contributed by atoms with E-state index in [1.807, 2.05) is 31.3 Å². The van der Waals surface area contributed by atoms with Gasteiger partial charge in [0.1, 0.15) is 5.69 Å². The van der Waals surface area contributed by atoms with Crippen LogP contribution >= 0.6 is 0 Å². The van der Waals surface area contributed by atoms with Gasteiger partial charge in [0.05, 0.1) is 0 Å². The molecular weight excluding hydrogens is 224 g/mol. The Morgan fingerprint density at radius 1 is 1.33 bits per heavy atom. The number of rotatable bonds is 4. The summed E-state index contributed by atoms with van der Waals surface area (Å²) < 4.78 is 0. The SMILES string of the molecule is C=CCc1cc(N=O)ccc1-c1cnccc1C. The number of pyridine rings is 1. The van der Waals surface area contributed by atoms with E-state index in [0.29, 0.717) is 12.1 Å². The Balaban J connectivity index is 2.59. The molecule has 0 aliphatic heterocycles. The highest BCUT2D eigenvalue weighted by Gasteiger charge is 2.08. The summed E-state index contributed by atoms with van der Waals surface area (Å²) in [5.41, 5.74) is 4.79. The molecule has 0 saturated carbocycles. The van der Waals surface area contributed by atoms with Gasteiger partial charge in [-0.3, -0.25) is 4.98 Å². The van der Waals surface area contributed by atoms with Crippen LogP contribution in [0.5, 0.6) is 0 Å². The van der Waals surface area contributed by atoms with Crippen LogP contribution in [-0.2, 0) is 6.42 Å². The number of allylic oxidation sites excluding steroid dienone is 1. The summed E-state index contributed by atoms with van der Waals surface area (Å²) in [7, 11) is 0. The summed E-state index contributed by atoms with van der Waals surface area (Å²) in [5, 5.41) is 2.97. The Bertz CT molecular complexity index is 591. The monoisotopic (exact) mass is 238 g/mol. The summed E-state index contributed by atoms with van der Waals surface area (Å²) in [6, 6.07) is 7.41. The van der Waals surface area contributed by atoms with Crippen molar-refractivity contribution in [2.75, 3.05) is 0 Å². The smallest absolute Gasteiger partial charge is 0.108 e. The zero-order valence-electron chi connectivity index (χ0n) is 10.3. The first-order valence-corrected chi connectivity index (χ1v) is 5.74. The second kappa shape index (κ2) is 5.36. The molecule has 18 heavy (non-hydrogen) atoms. The molecule has 0 unspecified atom stereocenters. The Labute approximate surface area is 106 Å². The molecule has 0 aliphatic carbocycles. The first-order chi connectivity index (χ1) is 8.76. The van der Waals surface area contributed by atoms with Gasteiger partial charge in [0.15, 0.2) is 0 Å². The third-order valence-electron chi connectivity index (χ3n) is 2.89. The van der Waals surface area contributed by atoms with Crippen LogP contribution in [-0.4, -0.2) is 4.98 Å². The lowest BCUT2D eigenvalue weighted by atomic mass is 9.95. The molecular formula is C15H14N2O. The number of hydrogen-bond acceptors (Lipinski definition) is 3. The number of benzene rings is 1. The second-order valence-corrected chi connectivity index (χ2v) is 4.12. The number of aromatic nitrogens is 1. The Kier molecular flexibility index (Phi) is 3.63. The Morgan fingerprint density at radius 2 is 2.17 bits per heavy atom. The van der Waals surface area contributed by atoms with Crippen molar-refractivity contribution < 1.29 is 0 Å². The zero-order valence-corrected chi connectivity index (χ0v) is 10.3. The minimum Gasteiger partial charge on any atom is -0.264 e. The van der Waals surface area contributed by atoms with Crippen LogP contribution in [0.1, 0.15) is 11.1 Å². The summed E-state index contributed by atoms with van der Waals surface area (Å²) in [6.07, 6.45) is 6.13. The highest BCUT2D eigenvalue weighted by Crippen LogP contribution is 2.29. The van der Waals surface area contributed by atoms with E-state index in [2.05, 4.69) is 16.7 Å². The van der Waals surface area contributed by atoms with E-state index in [1.54, 1.807) is 18.3 Å². The number of aryl methyl sites for hydroxylation is 1. The van der Waals surface area contributed by atoms with Gasteiger partial charge in [-0.15, -0.1) is 11.5 Å². The summed E-state index contributed by atoms with van der Waals surface area (Å²) in [4.78, 5) is 14.7. The van der Waals surface area contributed by atoms with Crippen molar-refractivity contribution in [3.05, 3.63) is 65.3 Å². The maximum atomic E-state index is 10.6. The molecule has 3 heteroatoms. The third-order valence-corrected chi connectivity index (χ3v) is 2.89. The molecule has 0 radical (unpaired) electrons. The number of nitrogens with zero attached hydrogens (tertiary/aromatic N) is 2. The largest absolute Gasteiger partial charge is 0.264 e. The van der Waals surface area contributed by atoms with Crippen molar-refractivity contribution in [2.45, 2.75) is 13.3 Å². The van der Waals surface area contributed by atoms with Crippen LogP contribution in [0.3, 0.4) is 0 Å². The van der Waals surface area contributed by atoms with Gasteiger partial charge in [-0.2, -0.15) is 0 Å². The fourth-order valence-corrected chi connectivity index (χ4v) is 1.97. The molecule has 2 aromatic rings. The van der Waals surface area contributed by atoms with Crippen molar-refractivity contribution in [1.29, 1.82) is 0 Å². The van der Waals surface area contributed by atoms with E-state index in [0.717, 1.165) is 22.3 Å². The standard InChI is InChI=1S/C15H14N2O/c1-3-4-12-9-13(17-18)5-6-14(12)15-10-16-8-7-11(15)2/h3,5-10H,1,4H2,2H3. The van der Waals surface area contributed by atoms with Gasteiger partial charge < -0.3 is 0 Å². The maximum Gasteiger partial charge on any atom is 0.108 e. The van der Waals surface area contributed by atoms with E-state index in [1.165, 1.54) is 0 Å². The van der Waals surface area contributed by atoms with E-state index < -0.39 is 0 Å². The topological polar surface area (TPSA) is 42.3 Å². The average molecular weight is 238 g/mol. The van der Waals surface area contributed by atoms with Gasteiger partial charge in [-0.05, 0) is 53.4 Å². The first-order valence-electron chi connectivity index (χ1n) is 5.74. The van der Waals surface area contributed by atoms with Crippen LogP contribution in [0.15, 0.2) is 54.5 Å². The van der Waals surface area contributed by atoms with E-state index in [9.17, 15) is 4.91 Å². The number of hydrogen-bond donors (Lipinski definition) is 0. The van der Waals surface area contributed by atoms with E-state index in [-0.39, 0.29) is 0 Å².